The van der Waals surface area contributed by atoms with E-state index >= 15 is 0 Å². The summed E-state index contributed by atoms with van der Waals surface area (Å²) in [5.41, 5.74) is 7.04. The summed E-state index contributed by atoms with van der Waals surface area (Å²) in [7, 11) is 0. The Morgan fingerprint density at radius 3 is 2.03 bits per heavy atom. The molecule has 3 atom stereocenters. The summed E-state index contributed by atoms with van der Waals surface area (Å²) in [5.74, 6) is -2.11. The third-order valence-electron chi connectivity index (χ3n) is 6.29. The van der Waals surface area contributed by atoms with Crippen LogP contribution >= 0.6 is 0 Å². The molecule has 0 saturated carbocycles. The molecule has 2 amide bonds. The number of hydrogen-bond acceptors (Lipinski definition) is 5. The van der Waals surface area contributed by atoms with Gasteiger partial charge in [0.15, 0.2) is 0 Å². The maximum absolute atomic E-state index is 13.6. The van der Waals surface area contributed by atoms with Crippen molar-refractivity contribution in [1.82, 2.24) is 9.80 Å². The summed E-state index contributed by atoms with van der Waals surface area (Å²) < 4.78 is 27.1. The Kier molecular flexibility index (Phi) is 12.1. The maximum atomic E-state index is 13.6. The van der Waals surface area contributed by atoms with Crippen molar-refractivity contribution >= 4 is 11.8 Å². The minimum atomic E-state index is -1.23. The molecule has 0 aliphatic heterocycles. The van der Waals surface area contributed by atoms with E-state index in [-0.39, 0.29) is 36.6 Å². The number of halogens is 2. The van der Waals surface area contributed by atoms with E-state index in [1.165, 1.54) is 11.0 Å². The molecule has 0 radical (unpaired) electrons. The molecule has 0 aliphatic rings. The van der Waals surface area contributed by atoms with E-state index in [0.717, 1.165) is 31.0 Å². The van der Waals surface area contributed by atoms with Crippen molar-refractivity contribution in [3.8, 4) is 0 Å². The Bertz CT molecular complexity index is 1010. The number of nitrogens with two attached hydrogens (primary N) is 1. The van der Waals surface area contributed by atoms with E-state index in [9.17, 15) is 28.6 Å². The number of rotatable bonds is 14. The van der Waals surface area contributed by atoms with E-state index in [2.05, 4.69) is 0 Å². The Labute approximate surface area is 217 Å². The van der Waals surface area contributed by atoms with E-state index in [1.54, 1.807) is 30.0 Å². The third kappa shape index (κ3) is 8.59. The second-order valence-electron chi connectivity index (χ2n) is 9.29. The Morgan fingerprint density at radius 2 is 1.51 bits per heavy atom. The zero-order chi connectivity index (χ0) is 27.5. The lowest BCUT2D eigenvalue weighted by molar-refractivity contribution is 0.0351. The highest BCUT2D eigenvalue weighted by Crippen LogP contribution is 2.17. The van der Waals surface area contributed by atoms with Crippen LogP contribution in [0.4, 0.5) is 8.78 Å². The lowest BCUT2D eigenvalue weighted by Crippen LogP contribution is -2.51. The summed E-state index contributed by atoms with van der Waals surface area (Å²) >= 11 is 0. The molecule has 2 aromatic carbocycles. The van der Waals surface area contributed by atoms with Gasteiger partial charge in [0, 0.05) is 42.9 Å². The second kappa shape index (κ2) is 14.8. The topological polar surface area (TPSA) is 107 Å². The zero-order valence-corrected chi connectivity index (χ0v) is 21.9. The van der Waals surface area contributed by atoms with Gasteiger partial charge in [-0.3, -0.25) is 9.59 Å². The molecule has 0 unspecified atom stereocenters. The molecule has 2 rings (SSSR count). The van der Waals surface area contributed by atoms with E-state index in [1.807, 2.05) is 13.8 Å². The summed E-state index contributed by atoms with van der Waals surface area (Å²) in [6.45, 7) is 6.47. The fraction of sp³-hybridized carbons (Fsp3) is 0.500. The van der Waals surface area contributed by atoms with Crippen molar-refractivity contribution in [3.63, 3.8) is 0 Å². The first-order chi connectivity index (χ1) is 17.6. The van der Waals surface area contributed by atoms with Gasteiger partial charge in [0.1, 0.15) is 11.6 Å². The standard InChI is InChI=1S/C28H39F2N3O4/c1-4-10-32(11-5-2)27(36)20-8-7-9-21(15-20)28(37)33(24(6-3)18-34)17-26(35)25(31)14-19-12-22(29)16-23(30)13-19/h7-9,12-13,15-16,24-26,34-35H,4-6,10-11,14,17-18,31H2,1-3H3/t24-,25-,26+/m0/s1. The second-order valence-corrected chi connectivity index (χ2v) is 9.29. The first kappa shape index (κ1) is 30.3. The van der Waals surface area contributed by atoms with Gasteiger partial charge in [-0.15, -0.1) is 0 Å². The van der Waals surface area contributed by atoms with Gasteiger partial charge in [0.25, 0.3) is 11.8 Å². The van der Waals surface area contributed by atoms with Crippen LogP contribution < -0.4 is 5.73 Å². The summed E-state index contributed by atoms with van der Waals surface area (Å²) in [5, 5.41) is 20.7. The fourth-order valence-corrected chi connectivity index (χ4v) is 4.31. The van der Waals surface area contributed by atoms with Crippen molar-refractivity contribution < 1.29 is 28.6 Å². The molecule has 0 saturated heterocycles. The number of nitrogens with zero attached hydrogens (tertiary/aromatic N) is 2. The highest BCUT2D eigenvalue weighted by Gasteiger charge is 2.29. The number of amides is 2. The Morgan fingerprint density at radius 1 is 0.946 bits per heavy atom. The van der Waals surface area contributed by atoms with Crippen LogP contribution in [0.2, 0.25) is 0 Å². The van der Waals surface area contributed by atoms with E-state index in [4.69, 9.17) is 5.73 Å². The highest BCUT2D eigenvalue weighted by atomic mass is 19.1. The molecule has 0 bridgehead atoms. The molecule has 0 aliphatic carbocycles. The highest BCUT2D eigenvalue weighted by molar-refractivity contribution is 5.99. The first-order valence-corrected chi connectivity index (χ1v) is 12.8. The van der Waals surface area contributed by atoms with Crippen molar-refractivity contribution in [1.29, 1.82) is 0 Å². The van der Waals surface area contributed by atoms with Gasteiger partial charge in [-0.05, 0) is 61.6 Å². The van der Waals surface area contributed by atoms with Crippen LogP contribution in [0.3, 0.4) is 0 Å². The Balaban J connectivity index is 2.26. The van der Waals surface area contributed by atoms with Crippen LogP contribution in [-0.4, -0.2) is 76.3 Å². The number of aliphatic hydroxyl groups is 2. The summed E-state index contributed by atoms with van der Waals surface area (Å²) in [4.78, 5) is 29.7. The minimum Gasteiger partial charge on any atom is -0.394 e. The monoisotopic (exact) mass is 519 g/mol. The van der Waals surface area contributed by atoms with E-state index in [0.29, 0.717) is 25.1 Å². The molecule has 0 heterocycles. The largest absolute Gasteiger partial charge is 0.394 e. The lowest BCUT2D eigenvalue weighted by atomic mass is 10.00. The molecule has 9 heteroatoms. The summed E-state index contributed by atoms with van der Waals surface area (Å²) in [6, 6.07) is 7.93. The fourth-order valence-electron chi connectivity index (χ4n) is 4.31. The molecule has 204 valence electrons. The predicted octanol–water partition coefficient (Wildman–Crippen LogP) is 3.37. The van der Waals surface area contributed by atoms with Crippen LogP contribution in [0.15, 0.2) is 42.5 Å². The number of carbonyl (C=O) groups excluding carboxylic acids is 2. The van der Waals surface area contributed by atoms with Gasteiger partial charge >= 0.3 is 0 Å². The molecule has 0 aromatic heterocycles. The first-order valence-electron chi connectivity index (χ1n) is 12.8. The quantitative estimate of drug-likeness (QED) is 0.355. The lowest BCUT2D eigenvalue weighted by Gasteiger charge is -2.33. The molecule has 2 aromatic rings. The van der Waals surface area contributed by atoms with E-state index < -0.39 is 35.7 Å². The normalized spacial score (nSPS) is 13.6. The SMILES string of the molecule is CCCN(CCC)C(=O)c1cccc(C(=O)N(C[C@@H](O)[C@@H](N)Cc2cc(F)cc(F)c2)[C@@H](CC)CO)c1. The van der Waals surface area contributed by atoms with Crippen molar-refractivity contribution in [2.75, 3.05) is 26.2 Å². The predicted molar refractivity (Wildman–Crippen MR) is 139 cm³/mol. The van der Waals surface area contributed by atoms with Gasteiger partial charge in [-0.1, -0.05) is 26.8 Å². The van der Waals surface area contributed by atoms with Gasteiger partial charge in [-0.25, -0.2) is 8.78 Å². The zero-order valence-electron chi connectivity index (χ0n) is 21.9. The van der Waals surface area contributed by atoms with Crippen molar-refractivity contribution in [2.24, 2.45) is 5.73 Å². The van der Waals surface area contributed by atoms with Crippen LogP contribution in [0.1, 0.15) is 66.3 Å². The van der Waals surface area contributed by atoms with Crippen LogP contribution in [0.25, 0.3) is 0 Å². The third-order valence-corrected chi connectivity index (χ3v) is 6.29. The van der Waals surface area contributed by atoms with Gasteiger partial charge in [-0.2, -0.15) is 0 Å². The molecule has 0 spiro atoms. The average molecular weight is 520 g/mol. The molecule has 7 nitrogen and oxygen atoms in total. The Hall–Kier alpha value is -2.88. The smallest absolute Gasteiger partial charge is 0.254 e. The average Bonchev–Trinajstić information content (AvgIpc) is 2.87. The number of hydrogen-bond donors (Lipinski definition) is 3. The van der Waals surface area contributed by atoms with Gasteiger partial charge < -0.3 is 25.7 Å². The van der Waals surface area contributed by atoms with Gasteiger partial charge in [0.05, 0.1) is 18.8 Å². The molecule has 4 N–H and O–H groups in total. The molecular formula is C28H39F2N3O4. The van der Waals surface area contributed by atoms with Crippen LogP contribution in [0, 0.1) is 11.6 Å². The summed E-state index contributed by atoms with van der Waals surface area (Å²) in [6.07, 6.45) is 0.798. The number of benzene rings is 2. The minimum absolute atomic E-state index is 0.0114. The van der Waals surface area contributed by atoms with Gasteiger partial charge in [0.2, 0.25) is 0 Å². The number of aliphatic hydroxyl groups excluding tert-OH is 2. The van der Waals surface area contributed by atoms with Crippen molar-refractivity contribution in [2.45, 2.75) is 64.6 Å². The maximum Gasteiger partial charge on any atom is 0.254 e. The van der Waals surface area contributed by atoms with Crippen molar-refractivity contribution in [3.05, 3.63) is 70.8 Å². The van der Waals surface area contributed by atoms with Crippen LogP contribution in [0.5, 0.6) is 0 Å². The number of carbonyl (C=O) groups is 2. The molecule has 0 fully saturated rings. The van der Waals surface area contributed by atoms with Crippen LogP contribution in [-0.2, 0) is 6.42 Å². The molecular weight excluding hydrogens is 480 g/mol. The molecule has 37 heavy (non-hydrogen) atoms.